The van der Waals surface area contributed by atoms with E-state index in [2.05, 4.69) is 15.7 Å². The number of hydrogen-bond acceptors (Lipinski definition) is 3. The van der Waals surface area contributed by atoms with Gasteiger partial charge in [0.1, 0.15) is 0 Å². The highest BCUT2D eigenvalue weighted by Crippen LogP contribution is 2.27. The van der Waals surface area contributed by atoms with E-state index in [1.807, 2.05) is 6.92 Å². The summed E-state index contributed by atoms with van der Waals surface area (Å²) in [6, 6.07) is -1.54. The smallest absolute Gasteiger partial charge is 0.331 e. The first-order valence-corrected chi connectivity index (χ1v) is 7.20. The number of aromatic nitrogens is 2. The second-order valence-corrected chi connectivity index (χ2v) is 5.94. The highest BCUT2D eigenvalue weighted by atomic mass is 16.4. The molecule has 0 spiro atoms. The summed E-state index contributed by atoms with van der Waals surface area (Å²) in [5, 5.41) is 18.6. The molecule has 1 unspecified atom stereocenters. The molecule has 1 aromatic heterocycles. The molecule has 0 saturated heterocycles. The van der Waals surface area contributed by atoms with Crippen LogP contribution in [0.2, 0.25) is 0 Å². The van der Waals surface area contributed by atoms with Gasteiger partial charge in [0.15, 0.2) is 6.04 Å². The molecule has 1 heterocycles. The maximum atomic E-state index is 12.1. The van der Waals surface area contributed by atoms with Gasteiger partial charge in [-0.25, -0.2) is 9.59 Å². The first-order valence-electron chi connectivity index (χ1n) is 7.20. The maximum absolute atomic E-state index is 12.1. The van der Waals surface area contributed by atoms with Crippen LogP contribution in [0.15, 0.2) is 12.4 Å². The predicted octanol–water partition coefficient (Wildman–Crippen LogP) is 1.57. The van der Waals surface area contributed by atoms with Gasteiger partial charge in [-0.3, -0.25) is 4.68 Å². The lowest BCUT2D eigenvalue weighted by atomic mass is 9.83. The average molecular weight is 294 g/mol. The van der Waals surface area contributed by atoms with Crippen molar-refractivity contribution in [1.82, 2.24) is 20.4 Å². The molecule has 7 heteroatoms. The first kappa shape index (κ1) is 15.3. The van der Waals surface area contributed by atoms with E-state index >= 15 is 0 Å². The van der Waals surface area contributed by atoms with Crippen LogP contribution in [-0.2, 0) is 11.8 Å². The van der Waals surface area contributed by atoms with Crippen molar-refractivity contribution in [3.05, 3.63) is 18.0 Å². The molecular formula is C14H22N4O3. The summed E-state index contributed by atoms with van der Waals surface area (Å²) >= 11 is 0. The number of aryl methyl sites for hydroxylation is 1. The Morgan fingerprint density at radius 2 is 2.05 bits per heavy atom. The fourth-order valence-electron chi connectivity index (χ4n) is 2.78. The number of urea groups is 1. The van der Waals surface area contributed by atoms with Gasteiger partial charge in [0.2, 0.25) is 0 Å². The van der Waals surface area contributed by atoms with E-state index in [0.717, 1.165) is 25.7 Å². The van der Waals surface area contributed by atoms with Gasteiger partial charge < -0.3 is 15.7 Å². The zero-order chi connectivity index (χ0) is 15.5. The Morgan fingerprint density at radius 1 is 1.38 bits per heavy atom. The quantitative estimate of drug-likeness (QED) is 0.785. The van der Waals surface area contributed by atoms with Gasteiger partial charge in [-0.2, -0.15) is 5.10 Å². The molecule has 0 aliphatic heterocycles. The highest BCUT2D eigenvalue weighted by Gasteiger charge is 2.30. The Bertz CT molecular complexity index is 520. The van der Waals surface area contributed by atoms with Crippen LogP contribution >= 0.6 is 0 Å². The number of nitrogens with zero attached hydrogens (tertiary/aromatic N) is 2. The van der Waals surface area contributed by atoms with Gasteiger partial charge in [0.25, 0.3) is 0 Å². The van der Waals surface area contributed by atoms with Crippen molar-refractivity contribution in [3.63, 3.8) is 0 Å². The minimum Gasteiger partial charge on any atom is -0.479 e. The Kier molecular flexibility index (Phi) is 4.50. The number of hydrogen-bond donors (Lipinski definition) is 3. The van der Waals surface area contributed by atoms with E-state index in [9.17, 15) is 14.7 Å². The summed E-state index contributed by atoms with van der Waals surface area (Å²) in [5.41, 5.74) is 0.203. The van der Waals surface area contributed by atoms with Crippen molar-refractivity contribution in [2.24, 2.45) is 7.05 Å². The molecule has 1 aromatic rings. The molecule has 1 atom stereocenters. The van der Waals surface area contributed by atoms with Crippen molar-refractivity contribution < 1.29 is 14.7 Å². The molecule has 1 fully saturated rings. The zero-order valence-corrected chi connectivity index (χ0v) is 12.4. The second kappa shape index (κ2) is 6.15. The molecule has 2 rings (SSSR count). The Labute approximate surface area is 123 Å². The summed E-state index contributed by atoms with van der Waals surface area (Å²) in [4.78, 5) is 23.4. The molecular weight excluding hydrogens is 272 g/mol. The summed E-state index contributed by atoms with van der Waals surface area (Å²) in [7, 11) is 1.70. The van der Waals surface area contributed by atoms with Crippen LogP contribution in [0, 0.1) is 0 Å². The zero-order valence-electron chi connectivity index (χ0n) is 12.4. The first-order chi connectivity index (χ1) is 9.89. The van der Waals surface area contributed by atoms with Gasteiger partial charge in [-0.05, 0) is 19.8 Å². The lowest BCUT2D eigenvalue weighted by Crippen LogP contribution is -2.52. The van der Waals surface area contributed by atoms with E-state index < -0.39 is 18.0 Å². The van der Waals surface area contributed by atoms with Crippen LogP contribution in [-0.4, -0.2) is 32.4 Å². The molecule has 21 heavy (non-hydrogen) atoms. The standard InChI is InChI=1S/C14H22N4O3/c1-14(6-4-3-5-7-14)17-13(21)16-11(12(19)20)10-8-15-18(2)9-10/h8-9,11H,3-7H2,1-2H3,(H,19,20)(H2,16,17,21). The van der Waals surface area contributed by atoms with Gasteiger partial charge in [-0.15, -0.1) is 0 Å². The number of aliphatic carboxylic acids is 1. The molecule has 2 amide bonds. The fourth-order valence-corrected chi connectivity index (χ4v) is 2.78. The summed E-state index contributed by atoms with van der Waals surface area (Å²) in [6.45, 7) is 2.01. The van der Waals surface area contributed by atoms with Crippen molar-refractivity contribution in [2.45, 2.75) is 50.6 Å². The number of rotatable bonds is 4. The number of carbonyl (C=O) groups is 2. The topological polar surface area (TPSA) is 96.2 Å². The third-order valence-electron chi connectivity index (χ3n) is 3.95. The molecule has 1 aliphatic carbocycles. The summed E-state index contributed by atoms with van der Waals surface area (Å²) < 4.78 is 1.51. The number of carboxylic acid groups (broad SMARTS) is 1. The van der Waals surface area contributed by atoms with Gasteiger partial charge in [0, 0.05) is 24.3 Å². The van der Waals surface area contributed by atoms with E-state index in [0.29, 0.717) is 5.56 Å². The Balaban J connectivity index is 2.00. The fraction of sp³-hybridized carbons (Fsp3) is 0.643. The third kappa shape index (κ3) is 3.96. The third-order valence-corrected chi connectivity index (χ3v) is 3.95. The Morgan fingerprint density at radius 3 is 2.57 bits per heavy atom. The van der Waals surface area contributed by atoms with Crippen molar-refractivity contribution in [1.29, 1.82) is 0 Å². The normalized spacial score (nSPS) is 18.8. The lowest BCUT2D eigenvalue weighted by Gasteiger charge is -2.34. The largest absolute Gasteiger partial charge is 0.479 e. The van der Waals surface area contributed by atoms with Crippen LogP contribution in [0.4, 0.5) is 4.79 Å². The van der Waals surface area contributed by atoms with E-state index in [-0.39, 0.29) is 5.54 Å². The molecule has 116 valence electrons. The molecule has 1 saturated carbocycles. The van der Waals surface area contributed by atoms with Crippen LogP contribution < -0.4 is 10.6 Å². The number of amides is 2. The van der Waals surface area contributed by atoms with E-state index in [1.165, 1.54) is 17.3 Å². The van der Waals surface area contributed by atoms with Crippen LogP contribution in [0.5, 0.6) is 0 Å². The van der Waals surface area contributed by atoms with E-state index in [1.54, 1.807) is 13.2 Å². The number of carboxylic acids is 1. The monoisotopic (exact) mass is 294 g/mol. The van der Waals surface area contributed by atoms with Crippen LogP contribution in [0.1, 0.15) is 50.6 Å². The molecule has 3 N–H and O–H groups in total. The molecule has 0 aromatic carbocycles. The maximum Gasteiger partial charge on any atom is 0.331 e. The minimum absolute atomic E-state index is 0.250. The SMILES string of the molecule is Cn1cc(C(NC(=O)NC2(C)CCCCC2)C(=O)O)cn1. The van der Waals surface area contributed by atoms with Crippen LogP contribution in [0.3, 0.4) is 0 Å². The van der Waals surface area contributed by atoms with Crippen molar-refractivity contribution in [2.75, 3.05) is 0 Å². The van der Waals surface area contributed by atoms with Crippen molar-refractivity contribution >= 4 is 12.0 Å². The molecule has 0 bridgehead atoms. The molecule has 1 aliphatic rings. The number of carbonyl (C=O) groups excluding carboxylic acids is 1. The van der Waals surface area contributed by atoms with E-state index in [4.69, 9.17) is 0 Å². The second-order valence-electron chi connectivity index (χ2n) is 5.94. The summed E-state index contributed by atoms with van der Waals surface area (Å²) in [6.07, 6.45) is 8.23. The van der Waals surface area contributed by atoms with Gasteiger partial charge in [-0.1, -0.05) is 19.3 Å². The van der Waals surface area contributed by atoms with Gasteiger partial charge >= 0.3 is 12.0 Å². The van der Waals surface area contributed by atoms with Crippen molar-refractivity contribution in [3.8, 4) is 0 Å². The average Bonchev–Trinajstić information content (AvgIpc) is 2.82. The van der Waals surface area contributed by atoms with Crippen LogP contribution in [0.25, 0.3) is 0 Å². The highest BCUT2D eigenvalue weighted by molar-refractivity contribution is 5.83. The minimum atomic E-state index is -1.10. The Hall–Kier alpha value is -2.05. The lowest BCUT2D eigenvalue weighted by molar-refractivity contribution is -0.139. The summed E-state index contributed by atoms with van der Waals surface area (Å²) in [5.74, 6) is -1.10. The molecule has 7 nitrogen and oxygen atoms in total. The van der Waals surface area contributed by atoms with Gasteiger partial charge in [0.05, 0.1) is 6.20 Å². The number of nitrogens with one attached hydrogen (secondary N) is 2. The predicted molar refractivity (Wildman–Crippen MR) is 76.7 cm³/mol. The molecule has 0 radical (unpaired) electrons.